The van der Waals surface area contributed by atoms with Crippen LogP contribution >= 0.6 is 0 Å². The summed E-state index contributed by atoms with van der Waals surface area (Å²) in [5.74, 6) is -2.19. The number of hydrogen-bond donors (Lipinski definition) is 5. The maximum atomic E-state index is 12.6. The molecule has 1 aromatic rings. The molecule has 0 radical (unpaired) electrons. The van der Waals surface area contributed by atoms with Gasteiger partial charge in [-0.3, -0.25) is 9.59 Å². The SMILES string of the molecule is CCCCCCCCCCCCNN(C(=O)c1ccc(O)cc1O)C(=O)C(N)N. The van der Waals surface area contributed by atoms with Crippen LogP contribution in [-0.4, -0.2) is 39.7 Å². The number of aromatic hydroxyl groups is 2. The van der Waals surface area contributed by atoms with Crippen LogP contribution in [0.3, 0.4) is 0 Å². The first-order valence-electron chi connectivity index (χ1n) is 10.5. The highest BCUT2D eigenvalue weighted by atomic mass is 16.3. The third kappa shape index (κ3) is 9.25. The van der Waals surface area contributed by atoms with Crippen molar-refractivity contribution in [3.8, 4) is 11.5 Å². The van der Waals surface area contributed by atoms with Gasteiger partial charge in [0.05, 0.1) is 5.56 Å². The van der Waals surface area contributed by atoms with Crippen LogP contribution in [0.2, 0.25) is 0 Å². The molecule has 1 aromatic carbocycles. The predicted molar refractivity (Wildman–Crippen MR) is 113 cm³/mol. The van der Waals surface area contributed by atoms with Crippen molar-refractivity contribution in [2.24, 2.45) is 11.5 Å². The van der Waals surface area contributed by atoms with Crippen LogP contribution in [0.4, 0.5) is 0 Å². The van der Waals surface area contributed by atoms with Gasteiger partial charge in [-0.15, -0.1) is 0 Å². The lowest BCUT2D eigenvalue weighted by atomic mass is 10.1. The molecule has 0 heterocycles. The number of carbonyl (C=O) groups excluding carboxylic acids is 2. The number of phenols is 2. The van der Waals surface area contributed by atoms with Gasteiger partial charge in [0, 0.05) is 12.6 Å². The van der Waals surface area contributed by atoms with Gasteiger partial charge in [-0.25, -0.2) is 10.4 Å². The molecule has 8 nitrogen and oxygen atoms in total. The highest BCUT2D eigenvalue weighted by molar-refractivity contribution is 6.06. The monoisotopic (exact) mass is 408 g/mol. The second kappa shape index (κ2) is 13.9. The fraction of sp³-hybridized carbons (Fsp3) is 0.619. The first-order chi connectivity index (χ1) is 13.9. The van der Waals surface area contributed by atoms with Crippen LogP contribution in [0.15, 0.2) is 18.2 Å². The van der Waals surface area contributed by atoms with Crippen LogP contribution in [0, 0.1) is 0 Å². The second-order valence-electron chi connectivity index (χ2n) is 7.30. The van der Waals surface area contributed by atoms with Gasteiger partial charge in [-0.05, 0) is 18.6 Å². The van der Waals surface area contributed by atoms with Crippen LogP contribution in [0.25, 0.3) is 0 Å². The number of nitrogens with zero attached hydrogens (tertiary/aromatic N) is 1. The number of imide groups is 1. The summed E-state index contributed by atoms with van der Waals surface area (Å²) in [7, 11) is 0. The zero-order valence-corrected chi connectivity index (χ0v) is 17.4. The average Bonchev–Trinajstić information content (AvgIpc) is 2.68. The number of phenolic OH excluding ortho intramolecular Hbond substituents is 2. The normalized spacial score (nSPS) is 11.0. The lowest BCUT2D eigenvalue weighted by Gasteiger charge is -2.23. The summed E-state index contributed by atoms with van der Waals surface area (Å²) in [4.78, 5) is 24.8. The molecular weight excluding hydrogens is 372 g/mol. The molecule has 1 rings (SSSR count). The van der Waals surface area contributed by atoms with Gasteiger partial charge in [-0.2, -0.15) is 0 Å². The summed E-state index contributed by atoms with van der Waals surface area (Å²) in [5.41, 5.74) is 13.5. The minimum atomic E-state index is -1.36. The van der Waals surface area contributed by atoms with E-state index in [0.29, 0.717) is 6.54 Å². The Labute approximate surface area is 173 Å². The number of nitrogens with two attached hydrogens (primary N) is 2. The Morgan fingerprint density at radius 3 is 2.03 bits per heavy atom. The van der Waals surface area contributed by atoms with E-state index >= 15 is 0 Å². The Kier molecular flexibility index (Phi) is 11.9. The number of benzene rings is 1. The van der Waals surface area contributed by atoms with E-state index in [4.69, 9.17) is 11.5 Å². The Morgan fingerprint density at radius 2 is 1.52 bits per heavy atom. The molecule has 0 spiro atoms. The molecule has 0 saturated heterocycles. The van der Waals surface area contributed by atoms with Crippen molar-refractivity contribution < 1.29 is 19.8 Å². The van der Waals surface area contributed by atoms with E-state index in [-0.39, 0.29) is 11.3 Å². The third-order valence-electron chi connectivity index (χ3n) is 4.72. The number of rotatable bonds is 14. The lowest BCUT2D eigenvalue weighted by Crippen LogP contribution is -2.56. The first kappa shape index (κ1) is 24.9. The zero-order valence-electron chi connectivity index (χ0n) is 17.4. The lowest BCUT2D eigenvalue weighted by molar-refractivity contribution is -0.132. The summed E-state index contributed by atoms with van der Waals surface area (Å²) in [6, 6.07) is 3.51. The molecule has 29 heavy (non-hydrogen) atoms. The van der Waals surface area contributed by atoms with Crippen LogP contribution in [0.1, 0.15) is 81.5 Å². The smallest absolute Gasteiger partial charge is 0.278 e. The fourth-order valence-electron chi connectivity index (χ4n) is 3.02. The van der Waals surface area contributed by atoms with Gasteiger partial charge in [0.15, 0.2) is 0 Å². The van der Waals surface area contributed by atoms with E-state index in [1.165, 1.54) is 57.1 Å². The molecule has 0 atom stereocenters. The number of hydrogen-bond acceptors (Lipinski definition) is 7. The van der Waals surface area contributed by atoms with Gasteiger partial charge in [0.25, 0.3) is 11.8 Å². The number of amides is 2. The summed E-state index contributed by atoms with van der Waals surface area (Å²) >= 11 is 0. The second-order valence-corrected chi connectivity index (χ2v) is 7.30. The van der Waals surface area contributed by atoms with Gasteiger partial charge in [0.2, 0.25) is 0 Å². The Hall–Kier alpha value is -2.16. The van der Waals surface area contributed by atoms with E-state index < -0.39 is 23.7 Å². The van der Waals surface area contributed by atoms with Crippen molar-refractivity contribution in [1.29, 1.82) is 0 Å². The minimum absolute atomic E-state index is 0.132. The fourth-order valence-corrected chi connectivity index (χ4v) is 3.02. The van der Waals surface area contributed by atoms with Crippen molar-refractivity contribution in [2.45, 2.75) is 77.3 Å². The van der Waals surface area contributed by atoms with Crippen LogP contribution < -0.4 is 16.9 Å². The Balaban J connectivity index is 2.42. The van der Waals surface area contributed by atoms with Crippen molar-refractivity contribution >= 4 is 11.8 Å². The van der Waals surface area contributed by atoms with Gasteiger partial charge >= 0.3 is 0 Å². The predicted octanol–water partition coefficient (Wildman–Crippen LogP) is 2.74. The molecule has 0 unspecified atom stereocenters. The molecule has 0 fully saturated rings. The molecule has 0 aliphatic heterocycles. The van der Waals surface area contributed by atoms with Gasteiger partial charge < -0.3 is 21.7 Å². The summed E-state index contributed by atoms with van der Waals surface area (Å²) < 4.78 is 0. The molecule has 0 saturated carbocycles. The number of nitrogens with one attached hydrogen (secondary N) is 1. The van der Waals surface area contributed by atoms with Crippen LogP contribution in [0.5, 0.6) is 11.5 Å². The number of carbonyl (C=O) groups is 2. The number of hydrazine groups is 1. The molecule has 0 bridgehead atoms. The molecular formula is C21H36N4O4. The summed E-state index contributed by atoms with van der Waals surface area (Å²) in [6.07, 6.45) is 10.4. The van der Waals surface area contributed by atoms with E-state index in [1.807, 2.05) is 0 Å². The maximum absolute atomic E-state index is 12.6. The number of unbranched alkanes of at least 4 members (excludes halogenated alkanes) is 9. The average molecular weight is 409 g/mol. The van der Waals surface area contributed by atoms with Crippen molar-refractivity contribution in [3.05, 3.63) is 23.8 Å². The third-order valence-corrected chi connectivity index (χ3v) is 4.72. The molecule has 8 heteroatoms. The van der Waals surface area contributed by atoms with Gasteiger partial charge in [-0.1, -0.05) is 64.7 Å². The van der Waals surface area contributed by atoms with E-state index in [0.717, 1.165) is 30.3 Å². The molecule has 2 amide bonds. The highest BCUT2D eigenvalue weighted by Gasteiger charge is 2.27. The Bertz CT molecular complexity index is 637. The summed E-state index contributed by atoms with van der Waals surface area (Å²) in [5, 5.41) is 20.0. The first-order valence-corrected chi connectivity index (χ1v) is 10.5. The van der Waals surface area contributed by atoms with Crippen molar-refractivity contribution in [3.63, 3.8) is 0 Å². The minimum Gasteiger partial charge on any atom is -0.508 e. The van der Waals surface area contributed by atoms with Gasteiger partial charge in [0.1, 0.15) is 17.7 Å². The molecule has 0 aliphatic rings. The molecule has 164 valence electrons. The van der Waals surface area contributed by atoms with Crippen molar-refractivity contribution in [2.75, 3.05) is 6.54 Å². The zero-order chi connectivity index (χ0) is 21.6. The molecule has 0 aliphatic carbocycles. The highest BCUT2D eigenvalue weighted by Crippen LogP contribution is 2.23. The van der Waals surface area contributed by atoms with E-state index in [1.54, 1.807) is 0 Å². The summed E-state index contributed by atoms with van der Waals surface area (Å²) in [6.45, 7) is 2.62. The largest absolute Gasteiger partial charge is 0.508 e. The quantitative estimate of drug-likeness (QED) is 0.181. The molecule has 7 N–H and O–H groups in total. The standard InChI is InChI=1S/C21H36N4O4/c1-2-3-4-5-6-7-8-9-10-11-14-24-25(21(29)19(22)23)20(28)17-13-12-16(26)15-18(17)27/h12-13,15,19,24,26-27H,2-11,14,22-23H2,1H3. The Morgan fingerprint density at radius 1 is 0.966 bits per heavy atom. The van der Waals surface area contributed by atoms with Crippen LogP contribution in [-0.2, 0) is 4.79 Å². The maximum Gasteiger partial charge on any atom is 0.278 e. The van der Waals surface area contributed by atoms with E-state index in [9.17, 15) is 19.8 Å². The molecule has 0 aromatic heterocycles. The topological polar surface area (TPSA) is 142 Å². The van der Waals surface area contributed by atoms with Crippen molar-refractivity contribution in [1.82, 2.24) is 10.4 Å². The van der Waals surface area contributed by atoms with E-state index in [2.05, 4.69) is 12.3 Å².